The van der Waals surface area contributed by atoms with E-state index in [1.54, 1.807) is 0 Å². The van der Waals surface area contributed by atoms with Crippen LogP contribution in [-0.2, 0) is 9.59 Å². The standard InChI is InChI=1S/C15H26N2O4/c1-10(2)11(3)16-14(21)17-12(18)8-15(9-13(19)20)6-4-5-7-15/h10-11H,4-9H2,1-3H3,(H,19,20)(H2,16,17,18,21). The average Bonchev–Trinajstić information content (AvgIpc) is 2.75. The van der Waals surface area contributed by atoms with E-state index < -0.39 is 23.3 Å². The molecule has 6 heteroatoms. The fourth-order valence-corrected chi connectivity index (χ4v) is 2.78. The molecule has 0 spiro atoms. The predicted molar refractivity (Wildman–Crippen MR) is 78.7 cm³/mol. The van der Waals surface area contributed by atoms with Crippen LogP contribution in [-0.4, -0.2) is 29.1 Å². The predicted octanol–water partition coefficient (Wildman–Crippen LogP) is 2.28. The zero-order chi connectivity index (χ0) is 16.0. The summed E-state index contributed by atoms with van der Waals surface area (Å²) in [6.07, 6.45) is 3.44. The first kappa shape index (κ1) is 17.5. The van der Waals surface area contributed by atoms with Crippen LogP contribution >= 0.6 is 0 Å². The summed E-state index contributed by atoms with van der Waals surface area (Å²) in [5.74, 6) is -1.01. The average molecular weight is 298 g/mol. The highest BCUT2D eigenvalue weighted by atomic mass is 16.4. The van der Waals surface area contributed by atoms with E-state index in [1.807, 2.05) is 20.8 Å². The van der Waals surface area contributed by atoms with Gasteiger partial charge in [0.05, 0.1) is 6.42 Å². The Morgan fingerprint density at radius 3 is 2.14 bits per heavy atom. The lowest BCUT2D eigenvalue weighted by atomic mass is 9.79. The maximum absolute atomic E-state index is 12.0. The van der Waals surface area contributed by atoms with Crippen LogP contribution in [0, 0.1) is 11.3 Å². The van der Waals surface area contributed by atoms with Crippen molar-refractivity contribution in [2.75, 3.05) is 0 Å². The van der Waals surface area contributed by atoms with Crippen LogP contribution in [0.1, 0.15) is 59.3 Å². The molecule has 1 unspecified atom stereocenters. The van der Waals surface area contributed by atoms with Crippen molar-refractivity contribution in [3.8, 4) is 0 Å². The molecule has 6 nitrogen and oxygen atoms in total. The molecule has 1 fully saturated rings. The number of carboxylic acids is 1. The van der Waals surface area contributed by atoms with Crippen LogP contribution in [0.15, 0.2) is 0 Å². The van der Waals surface area contributed by atoms with Crippen molar-refractivity contribution >= 4 is 17.9 Å². The molecule has 3 N–H and O–H groups in total. The van der Waals surface area contributed by atoms with Gasteiger partial charge in [0, 0.05) is 12.5 Å². The largest absolute Gasteiger partial charge is 0.481 e. The summed E-state index contributed by atoms with van der Waals surface area (Å²) in [7, 11) is 0. The van der Waals surface area contributed by atoms with E-state index in [1.165, 1.54) is 0 Å². The van der Waals surface area contributed by atoms with Gasteiger partial charge in [0.1, 0.15) is 0 Å². The van der Waals surface area contributed by atoms with Crippen molar-refractivity contribution in [3.63, 3.8) is 0 Å². The Bertz CT molecular complexity index is 400. The van der Waals surface area contributed by atoms with E-state index in [4.69, 9.17) is 5.11 Å². The fraction of sp³-hybridized carbons (Fsp3) is 0.800. The zero-order valence-electron chi connectivity index (χ0n) is 13.1. The van der Waals surface area contributed by atoms with Crippen molar-refractivity contribution in [1.29, 1.82) is 0 Å². The maximum atomic E-state index is 12.0. The molecule has 21 heavy (non-hydrogen) atoms. The third-order valence-corrected chi connectivity index (χ3v) is 4.34. The van der Waals surface area contributed by atoms with Crippen LogP contribution in [0.5, 0.6) is 0 Å². The minimum absolute atomic E-state index is 0.00949. The van der Waals surface area contributed by atoms with Gasteiger partial charge in [0.25, 0.3) is 0 Å². The van der Waals surface area contributed by atoms with E-state index >= 15 is 0 Å². The van der Waals surface area contributed by atoms with Gasteiger partial charge in [0.2, 0.25) is 5.91 Å². The lowest BCUT2D eigenvalue weighted by molar-refractivity contribution is -0.140. The number of carbonyl (C=O) groups is 3. The highest BCUT2D eigenvalue weighted by Gasteiger charge is 2.38. The Balaban J connectivity index is 2.51. The molecule has 0 bridgehead atoms. The number of urea groups is 1. The number of carbonyl (C=O) groups excluding carboxylic acids is 2. The highest BCUT2D eigenvalue weighted by molar-refractivity contribution is 5.94. The summed E-state index contributed by atoms with van der Waals surface area (Å²) in [5.41, 5.74) is -0.486. The van der Waals surface area contributed by atoms with Gasteiger partial charge in [-0.05, 0) is 31.1 Å². The van der Waals surface area contributed by atoms with Crippen molar-refractivity contribution < 1.29 is 19.5 Å². The molecule has 1 aliphatic carbocycles. The fourth-order valence-electron chi connectivity index (χ4n) is 2.78. The van der Waals surface area contributed by atoms with E-state index in [-0.39, 0.29) is 24.8 Å². The highest BCUT2D eigenvalue weighted by Crippen LogP contribution is 2.43. The Hall–Kier alpha value is -1.59. The number of amides is 3. The van der Waals surface area contributed by atoms with Crippen molar-refractivity contribution in [3.05, 3.63) is 0 Å². The Kier molecular flexibility index (Phi) is 6.18. The molecular formula is C15H26N2O4. The molecule has 3 amide bonds. The summed E-state index contributed by atoms with van der Waals surface area (Å²) in [6, 6.07) is -0.540. The van der Waals surface area contributed by atoms with Gasteiger partial charge in [0.15, 0.2) is 0 Å². The molecule has 0 saturated heterocycles. The number of nitrogens with one attached hydrogen (secondary N) is 2. The summed E-state index contributed by atoms with van der Waals surface area (Å²) in [5, 5.41) is 14.0. The smallest absolute Gasteiger partial charge is 0.321 e. The number of aliphatic carboxylic acids is 1. The monoisotopic (exact) mass is 298 g/mol. The van der Waals surface area contributed by atoms with Crippen LogP contribution in [0.2, 0.25) is 0 Å². The molecule has 0 heterocycles. The van der Waals surface area contributed by atoms with Gasteiger partial charge >= 0.3 is 12.0 Å². The number of imide groups is 1. The second-order valence-electron chi connectivity index (χ2n) is 6.51. The normalized spacial score (nSPS) is 18.3. The molecule has 0 aliphatic heterocycles. The molecule has 120 valence electrons. The Labute approximate surface area is 125 Å². The second-order valence-corrected chi connectivity index (χ2v) is 6.51. The Morgan fingerprint density at radius 1 is 1.10 bits per heavy atom. The topological polar surface area (TPSA) is 95.5 Å². The van der Waals surface area contributed by atoms with Crippen molar-refractivity contribution in [2.24, 2.45) is 11.3 Å². The minimum Gasteiger partial charge on any atom is -0.481 e. The van der Waals surface area contributed by atoms with Crippen LogP contribution in [0.4, 0.5) is 4.79 Å². The molecule has 0 aromatic carbocycles. The first-order chi connectivity index (χ1) is 9.74. The SMILES string of the molecule is CC(C)C(C)NC(=O)NC(=O)CC1(CC(=O)O)CCCC1. The third-order valence-electron chi connectivity index (χ3n) is 4.34. The second kappa shape index (κ2) is 7.43. The minimum atomic E-state index is -0.886. The van der Waals surface area contributed by atoms with E-state index in [0.29, 0.717) is 0 Å². The zero-order valence-corrected chi connectivity index (χ0v) is 13.1. The van der Waals surface area contributed by atoms with Crippen LogP contribution in [0.3, 0.4) is 0 Å². The molecular weight excluding hydrogens is 272 g/mol. The van der Waals surface area contributed by atoms with Gasteiger partial charge in [-0.1, -0.05) is 26.7 Å². The first-order valence-corrected chi connectivity index (χ1v) is 7.56. The van der Waals surface area contributed by atoms with Gasteiger partial charge < -0.3 is 10.4 Å². The number of hydrogen-bond donors (Lipinski definition) is 3. The first-order valence-electron chi connectivity index (χ1n) is 7.56. The molecule has 0 radical (unpaired) electrons. The summed E-state index contributed by atoms with van der Waals surface area (Å²) >= 11 is 0. The summed E-state index contributed by atoms with van der Waals surface area (Å²) in [6.45, 7) is 5.83. The molecule has 0 aromatic rings. The lowest BCUT2D eigenvalue weighted by Crippen LogP contribution is -2.46. The van der Waals surface area contributed by atoms with E-state index in [2.05, 4.69) is 10.6 Å². The van der Waals surface area contributed by atoms with E-state index in [9.17, 15) is 14.4 Å². The number of hydrogen-bond acceptors (Lipinski definition) is 3. The maximum Gasteiger partial charge on any atom is 0.321 e. The van der Waals surface area contributed by atoms with Gasteiger partial charge in [-0.15, -0.1) is 0 Å². The van der Waals surface area contributed by atoms with Crippen molar-refractivity contribution in [2.45, 2.75) is 65.3 Å². The van der Waals surface area contributed by atoms with Gasteiger partial charge in [-0.2, -0.15) is 0 Å². The quantitative estimate of drug-likeness (QED) is 0.701. The third kappa shape index (κ3) is 5.73. The van der Waals surface area contributed by atoms with Crippen molar-refractivity contribution in [1.82, 2.24) is 10.6 Å². The lowest BCUT2D eigenvalue weighted by Gasteiger charge is -2.26. The summed E-state index contributed by atoms with van der Waals surface area (Å²) < 4.78 is 0. The molecule has 0 aromatic heterocycles. The number of rotatable bonds is 6. The number of carboxylic acid groups (broad SMARTS) is 1. The molecule has 1 saturated carbocycles. The van der Waals surface area contributed by atoms with E-state index in [0.717, 1.165) is 25.7 Å². The molecule has 1 rings (SSSR count). The molecule has 1 atom stereocenters. The molecule has 1 aliphatic rings. The van der Waals surface area contributed by atoms with Gasteiger partial charge in [-0.25, -0.2) is 4.79 Å². The van der Waals surface area contributed by atoms with Crippen LogP contribution in [0.25, 0.3) is 0 Å². The van der Waals surface area contributed by atoms with Gasteiger partial charge in [-0.3, -0.25) is 14.9 Å². The summed E-state index contributed by atoms with van der Waals surface area (Å²) in [4.78, 5) is 34.7. The Morgan fingerprint density at radius 2 is 1.67 bits per heavy atom. The van der Waals surface area contributed by atoms with Crippen LogP contribution < -0.4 is 10.6 Å².